The number of hydrogen-bond acceptors (Lipinski definition) is 6. The Morgan fingerprint density at radius 1 is 1.03 bits per heavy atom. The number of thioether (sulfide) groups is 1. The summed E-state index contributed by atoms with van der Waals surface area (Å²) in [6.07, 6.45) is 1.57. The summed E-state index contributed by atoms with van der Waals surface area (Å²) in [5, 5.41) is 2.21. The number of hydrogen-bond donors (Lipinski definition) is 1. The van der Waals surface area contributed by atoms with E-state index in [1.807, 2.05) is 12.1 Å². The van der Waals surface area contributed by atoms with Gasteiger partial charge in [-0.15, -0.1) is 0 Å². The molecule has 38 heavy (non-hydrogen) atoms. The molecule has 0 unspecified atom stereocenters. The number of carbonyl (C=O) groups excluding carboxylic acids is 3. The molecule has 1 aliphatic rings. The Morgan fingerprint density at radius 2 is 1.74 bits per heavy atom. The van der Waals surface area contributed by atoms with Gasteiger partial charge in [0.05, 0.1) is 12.0 Å². The van der Waals surface area contributed by atoms with Crippen molar-refractivity contribution in [3.63, 3.8) is 0 Å². The average molecular weight is 535 g/mol. The number of nitrogens with zero attached hydrogens (tertiary/aromatic N) is 1. The number of rotatable bonds is 9. The number of carbonyl (C=O) groups is 3. The Labute approximate surface area is 224 Å². The van der Waals surface area contributed by atoms with Crippen molar-refractivity contribution >= 4 is 40.6 Å². The molecule has 3 aromatic rings. The normalized spacial score (nSPS) is 14.3. The molecule has 0 aromatic heterocycles. The van der Waals surface area contributed by atoms with Crippen LogP contribution in [0.4, 0.5) is 14.9 Å². The Kier molecular flexibility index (Phi) is 8.48. The van der Waals surface area contributed by atoms with Gasteiger partial charge in [0, 0.05) is 5.69 Å². The third-order valence-corrected chi connectivity index (χ3v) is 6.74. The van der Waals surface area contributed by atoms with Crippen LogP contribution in [-0.4, -0.2) is 35.6 Å². The molecule has 1 heterocycles. The van der Waals surface area contributed by atoms with E-state index in [0.717, 1.165) is 27.8 Å². The van der Waals surface area contributed by atoms with E-state index in [0.29, 0.717) is 28.7 Å². The highest BCUT2D eigenvalue weighted by molar-refractivity contribution is 8.18. The topological polar surface area (TPSA) is 84.9 Å². The SMILES string of the molecule is COc1cc(/C=C2\SC(=O)N(CC(=O)Nc3ccc(C(C)C)cc3)C2=O)ccc1OCc1ccc(F)cc1. The highest BCUT2D eigenvalue weighted by Crippen LogP contribution is 2.35. The maximum atomic E-state index is 13.1. The van der Waals surface area contributed by atoms with Gasteiger partial charge >= 0.3 is 0 Å². The third-order valence-electron chi connectivity index (χ3n) is 5.83. The molecule has 0 atom stereocenters. The molecule has 9 heteroatoms. The summed E-state index contributed by atoms with van der Waals surface area (Å²) in [4.78, 5) is 39.0. The van der Waals surface area contributed by atoms with Crippen LogP contribution in [0.25, 0.3) is 6.08 Å². The number of nitrogens with one attached hydrogen (secondary N) is 1. The Hall–Kier alpha value is -4.11. The van der Waals surface area contributed by atoms with Gasteiger partial charge in [-0.3, -0.25) is 19.3 Å². The predicted molar refractivity (Wildman–Crippen MR) is 146 cm³/mol. The van der Waals surface area contributed by atoms with Crippen molar-refractivity contribution in [2.24, 2.45) is 0 Å². The molecule has 0 radical (unpaired) electrons. The number of amides is 3. The number of methoxy groups -OCH3 is 1. The summed E-state index contributed by atoms with van der Waals surface area (Å²) in [7, 11) is 1.49. The minimum atomic E-state index is -0.541. The minimum absolute atomic E-state index is 0.200. The maximum Gasteiger partial charge on any atom is 0.294 e. The van der Waals surface area contributed by atoms with E-state index in [2.05, 4.69) is 19.2 Å². The predicted octanol–water partition coefficient (Wildman–Crippen LogP) is 6.21. The van der Waals surface area contributed by atoms with Crippen LogP contribution in [0, 0.1) is 5.82 Å². The van der Waals surface area contributed by atoms with E-state index in [1.54, 1.807) is 48.5 Å². The van der Waals surface area contributed by atoms with Crippen molar-refractivity contribution in [1.29, 1.82) is 0 Å². The lowest BCUT2D eigenvalue weighted by atomic mass is 10.0. The molecule has 0 saturated carbocycles. The van der Waals surface area contributed by atoms with Crippen molar-refractivity contribution in [3.8, 4) is 11.5 Å². The fourth-order valence-electron chi connectivity index (χ4n) is 3.72. The first-order chi connectivity index (χ1) is 18.2. The molecule has 3 aromatic carbocycles. The quantitative estimate of drug-likeness (QED) is 0.329. The fourth-order valence-corrected chi connectivity index (χ4v) is 4.56. The first kappa shape index (κ1) is 26.9. The lowest BCUT2D eigenvalue weighted by Crippen LogP contribution is -2.36. The Morgan fingerprint density at radius 3 is 2.39 bits per heavy atom. The molecule has 3 amide bonds. The second-order valence-corrected chi connectivity index (χ2v) is 9.91. The monoisotopic (exact) mass is 534 g/mol. The fraction of sp³-hybridized carbons (Fsp3) is 0.207. The van der Waals surface area contributed by atoms with Gasteiger partial charge in [-0.1, -0.05) is 44.2 Å². The van der Waals surface area contributed by atoms with Crippen LogP contribution in [0.5, 0.6) is 11.5 Å². The Balaban J connectivity index is 1.40. The number of halogens is 1. The zero-order valence-electron chi connectivity index (χ0n) is 21.2. The lowest BCUT2D eigenvalue weighted by Gasteiger charge is -2.13. The number of imide groups is 1. The summed E-state index contributed by atoms with van der Waals surface area (Å²) < 4.78 is 24.3. The highest BCUT2D eigenvalue weighted by Gasteiger charge is 2.36. The van der Waals surface area contributed by atoms with Crippen molar-refractivity contribution < 1.29 is 28.2 Å². The van der Waals surface area contributed by atoms with Crippen molar-refractivity contribution in [2.45, 2.75) is 26.4 Å². The zero-order chi connectivity index (χ0) is 27.2. The van der Waals surface area contributed by atoms with Gasteiger partial charge in [-0.25, -0.2) is 4.39 Å². The molecule has 0 bridgehead atoms. The van der Waals surface area contributed by atoms with Gasteiger partial charge in [-0.05, 0) is 76.8 Å². The van der Waals surface area contributed by atoms with Gasteiger partial charge in [0.1, 0.15) is 19.0 Å². The van der Waals surface area contributed by atoms with Gasteiger partial charge in [0.15, 0.2) is 11.5 Å². The largest absolute Gasteiger partial charge is 0.493 e. The number of ether oxygens (including phenoxy) is 2. The van der Waals surface area contributed by atoms with E-state index in [4.69, 9.17) is 9.47 Å². The molecular weight excluding hydrogens is 507 g/mol. The van der Waals surface area contributed by atoms with E-state index in [-0.39, 0.29) is 23.9 Å². The average Bonchev–Trinajstić information content (AvgIpc) is 3.16. The van der Waals surface area contributed by atoms with Crippen LogP contribution < -0.4 is 14.8 Å². The molecule has 1 aliphatic heterocycles. The van der Waals surface area contributed by atoms with Gasteiger partial charge < -0.3 is 14.8 Å². The maximum absolute atomic E-state index is 13.1. The van der Waals surface area contributed by atoms with Gasteiger partial charge in [-0.2, -0.15) is 0 Å². The number of benzene rings is 3. The molecule has 1 saturated heterocycles. The van der Waals surface area contributed by atoms with Crippen molar-refractivity contribution in [2.75, 3.05) is 19.0 Å². The third kappa shape index (κ3) is 6.60. The summed E-state index contributed by atoms with van der Waals surface area (Å²) in [6.45, 7) is 4.00. The second-order valence-electron chi connectivity index (χ2n) is 8.92. The minimum Gasteiger partial charge on any atom is -0.493 e. The van der Waals surface area contributed by atoms with E-state index in [9.17, 15) is 18.8 Å². The second kappa shape index (κ2) is 12.0. The van der Waals surface area contributed by atoms with Crippen LogP contribution >= 0.6 is 11.8 Å². The molecular formula is C29H27FN2O5S. The molecule has 0 aliphatic carbocycles. The first-order valence-electron chi connectivity index (χ1n) is 11.9. The van der Waals surface area contributed by atoms with Crippen LogP contribution in [0.3, 0.4) is 0 Å². The Bertz CT molecular complexity index is 1370. The summed E-state index contributed by atoms with van der Waals surface area (Å²) in [5.41, 5.74) is 3.15. The van der Waals surface area contributed by atoms with Crippen molar-refractivity contribution in [1.82, 2.24) is 4.90 Å². The van der Waals surface area contributed by atoms with Crippen LogP contribution in [-0.2, 0) is 16.2 Å². The summed E-state index contributed by atoms with van der Waals surface area (Å²) in [6, 6.07) is 18.5. The van der Waals surface area contributed by atoms with E-state index < -0.39 is 17.1 Å². The summed E-state index contributed by atoms with van der Waals surface area (Å²) in [5.74, 6) is -0.0525. The molecule has 4 rings (SSSR count). The zero-order valence-corrected chi connectivity index (χ0v) is 22.0. The standard InChI is InChI=1S/C29H27FN2O5S/c1-18(2)21-7-11-23(12-8-21)31-27(33)16-32-28(34)26(38-29(32)35)15-20-6-13-24(25(14-20)36-3)37-17-19-4-9-22(30)10-5-19/h4-15,18H,16-17H2,1-3H3,(H,31,33)/b26-15-. The van der Waals surface area contributed by atoms with Crippen LogP contribution in [0.1, 0.15) is 36.5 Å². The van der Waals surface area contributed by atoms with E-state index >= 15 is 0 Å². The highest BCUT2D eigenvalue weighted by atomic mass is 32.2. The summed E-state index contributed by atoms with van der Waals surface area (Å²) >= 11 is 0.772. The van der Waals surface area contributed by atoms with Gasteiger partial charge in [0.25, 0.3) is 11.1 Å². The van der Waals surface area contributed by atoms with Gasteiger partial charge in [0.2, 0.25) is 5.91 Å². The molecule has 196 valence electrons. The first-order valence-corrected chi connectivity index (χ1v) is 12.8. The number of anilines is 1. The molecule has 7 nitrogen and oxygen atoms in total. The lowest BCUT2D eigenvalue weighted by molar-refractivity contribution is -0.127. The van der Waals surface area contributed by atoms with Crippen LogP contribution in [0.2, 0.25) is 0 Å². The van der Waals surface area contributed by atoms with Crippen LogP contribution in [0.15, 0.2) is 71.6 Å². The van der Waals surface area contributed by atoms with E-state index in [1.165, 1.54) is 19.2 Å². The molecule has 1 N–H and O–H groups in total. The molecule has 1 fully saturated rings. The van der Waals surface area contributed by atoms with Crippen molar-refractivity contribution in [3.05, 3.63) is 94.1 Å². The smallest absolute Gasteiger partial charge is 0.294 e. The molecule has 0 spiro atoms.